The van der Waals surface area contributed by atoms with Crippen molar-refractivity contribution in [3.63, 3.8) is 0 Å². The molecule has 94 valence electrons. The number of nitrogens with zero attached hydrogens (tertiary/aromatic N) is 1. The predicted molar refractivity (Wildman–Crippen MR) is 69.0 cm³/mol. The van der Waals surface area contributed by atoms with E-state index in [0.717, 1.165) is 24.8 Å². The van der Waals surface area contributed by atoms with Crippen molar-refractivity contribution in [2.45, 2.75) is 45.7 Å². The summed E-state index contributed by atoms with van der Waals surface area (Å²) in [5.74, 6) is 1.70. The second-order valence-electron chi connectivity index (χ2n) is 5.84. The Morgan fingerprint density at radius 2 is 2.18 bits per heavy atom. The quantitative estimate of drug-likeness (QED) is 0.850. The molecule has 0 bridgehead atoms. The molecule has 2 rings (SSSR count). The summed E-state index contributed by atoms with van der Waals surface area (Å²) in [7, 11) is 0. The number of hydrogen-bond donors (Lipinski definition) is 1. The predicted octanol–water partition coefficient (Wildman–Crippen LogP) is 2.76. The first-order chi connectivity index (χ1) is 8.04. The van der Waals surface area contributed by atoms with Crippen LogP contribution in [0.4, 0.5) is 0 Å². The maximum atomic E-state index is 5.82. The Labute approximate surface area is 104 Å². The summed E-state index contributed by atoms with van der Waals surface area (Å²) in [6.07, 6.45) is 6.28. The average molecular weight is 234 g/mol. The molecule has 1 heterocycles. The Morgan fingerprint density at radius 1 is 1.41 bits per heavy atom. The second kappa shape index (κ2) is 5.05. The van der Waals surface area contributed by atoms with Gasteiger partial charge in [0.15, 0.2) is 0 Å². The largest absolute Gasteiger partial charge is 0.491 e. The van der Waals surface area contributed by atoms with Crippen LogP contribution in [0.3, 0.4) is 0 Å². The van der Waals surface area contributed by atoms with Crippen LogP contribution in [0, 0.1) is 5.92 Å². The topological polar surface area (TPSA) is 34.2 Å². The molecule has 1 saturated carbocycles. The third-order valence-corrected chi connectivity index (χ3v) is 2.85. The van der Waals surface area contributed by atoms with Gasteiger partial charge in [0.2, 0.25) is 0 Å². The molecule has 0 aliphatic heterocycles. The van der Waals surface area contributed by atoms with E-state index < -0.39 is 0 Å². The van der Waals surface area contributed by atoms with Gasteiger partial charge in [0, 0.05) is 23.8 Å². The number of rotatable bonds is 5. The Hall–Kier alpha value is -1.09. The lowest BCUT2D eigenvalue weighted by Crippen LogP contribution is -2.35. The van der Waals surface area contributed by atoms with Crippen LogP contribution < -0.4 is 10.1 Å². The highest BCUT2D eigenvalue weighted by molar-refractivity contribution is 5.29. The fraction of sp³-hybridized carbons (Fsp3) is 0.643. The van der Waals surface area contributed by atoms with Crippen molar-refractivity contribution in [1.29, 1.82) is 0 Å². The van der Waals surface area contributed by atoms with E-state index in [4.69, 9.17) is 4.74 Å². The summed E-state index contributed by atoms with van der Waals surface area (Å²) in [4.78, 5) is 4.14. The van der Waals surface area contributed by atoms with Crippen LogP contribution in [0.5, 0.6) is 5.75 Å². The molecule has 0 unspecified atom stereocenters. The number of pyridine rings is 1. The number of ether oxygens (including phenoxy) is 1. The van der Waals surface area contributed by atoms with E-state index in [1.807, 2.05) is 18.5 Å². The molecular weight excluding hydrogens is 212 g/mol. The zero-order chi connectivity index (χ0) is 12.3. The van der Waals surface area contributed by atoms with E-state index in [-0.39, 0.29) is 5.54 Å². The smallest absolute Gasteiger partial charge is 0.142 e. The molecule has 17 heavy (non-hydrogen) atoms. The fourth-order valence-corrected chi connectivity index (χ4v) is 1.54. The van der Waals surface area contributed by atoms with Crippen LogP contribution in [0.25, 0.3) is 0 Å². The van der Waals surface area contributed by atoms with Crippen LogP contribution in [0.15, 0.2) is 18.5 Å². The van der Waals surface area contributed by atoms with E-state index in [2.05, 4.69) is 31.1 Å². The van der Waals surface area contributed by atoms with Crippen LogP contribution >= 0.6 is 0 Å². The van der Waals surface area contributed by atoms with Crippen molar-refractivity contribution in [2.75, 3.05) is 6.61 Å². The third-order valence-electron chi connectivity index (χ3n) is 2.85. The highest BCUT2D eigenvalue weighted by Crippen LogP contribution is 2.30. The summed E-state index contributed by atoms with van der Waals surface area (Å²) in [5, 5.41) is 3.47. The van der Waals surface area contributed by atoms with E-state index in [1.54, 1.807) is 0 Å². The molecule has 0 radical (unpaired) electrons. The van der Waals surface area contributed by atoms with Crippen molar-refractivity contribution in [3.8, 4) is 5.75 Å². The lowest BCUT2D eigenvalue weighted by molar-refractivity contribution is 0.293. The average Bonchev–Trinajstić information content (AvgIpc) is 3.07. The van der Waals surface area contributed by atoms with Gasteiger partial charge in [-0.05, 0) is 45.6 Å². The van der Waals surface area contributed by atoms with Crippen molar-refractivity contribution in [2.24, 2.45) is 5.92 Å². The van der Waals surface area contributed by atoms with Crippen LogP contribution in [0.2, 0.25) is 0 Å². The highest BCUT2D eigenvalue weighted by Gasteiger charge is 2.22. The Bertz CT molecular complexity index is 367. The minimum Gasteiger partial charge on any atom is -0.491 e. The molecule has 0 amide bonds. The van der Waals surface area contributed by atoms with Gasteiger partial charge in [0.05, 0.1) is 12.8 Å². The zero-order valence-electron chi connectivity index (χ0n) is 11.0. The molecule has 1 fully saturated rings. The first-order valence-electron chi connectivity index (χ1n) is 6.35. The third kappa shape index (κ3) is 4.35. The first-order valence-corrected chi connectivity index (χ1v) is 6.35. The summed E-state index contributed by atoms with van der Waals surface area (Å²) < 4.78 is 5.82. The Morgan fingerprint density at radius 3 is 2.82 bits per heavy atom. The van der Waals surface area contributed by atoms with E-state index in [0.29, 0.717) is 0 Å². The zero-order valence-corrected chi connectivity index (χ0v) is 11.0. The van der Waals surface area contributed by atoms with Gasteiger partial charge < -0.3 is 10.1 Å². The van der Waals surface area contributed by atoms with Crippen LogP contribution in [-0.4, -0.2) is 17.1 Å². The van der Waals surface area contributed by atoms with Gasteiger partial charge in [-0.3, -0.25) is 4.98 Å². The van der Waals surface area contributed by atoms with Gasteiger partial charge in [0.25, 0.3) is 0 Å². The minimum absolute atomic E-state index is 0.122. The Kier molecular flexibility index (Phi) is 3.67. The molecule has 1 N–H and O–H groups in total. The van der Waals surface area contributed by atoms with Gasteiger partial charge in [-0.1, -0.05) is 0 Å². The summed E-state index contributed by atoms with van der Waals surface area (Å²) in [5.41, 5.74) is 1.31. The number of aromatic nitrogens is 1. The summed E-state index contributed by atoms with van der Waals surface area (Å²) in [6, 6.07) is 2.03. The fourth-order valence-electron chi connectivity index (χ4n) is 1.54. The molecule has 0 atom stereocenters. The summed E-state index contributed by atoms with van der Waals surface area (Å²) >= 11 is 0. The SMILES string of the molecule is CC(C)(C)NCc1ccncc1OCC1CC1. The molecular formula is C14H22N2O. The first kappa shape index (κ1) is 12.4. The van der Waals surface area contributed by atoms with E-state index >= 15 is 0 Å². The summed E-state index contributed by atoms with van der Waals surface area (Å²) in [6.45, 7) is 8.16. The molecule has 0 aromatic carbocycles. The molecule has 3 heteroatoms. The van der Waals surface area contributed by atoms with Gasteiger partial charge in [0.1, 0.15) is 5.75 Å². The lowest BCUT2D eigenvalue weighted by atomic mass is 10.1. The van der Waals surface area contributed by atoms with E-state index in [9.17, 15) is 0 Å². The maximum absolute atomic E-state index is 5.82. The normalized spacial score (nSPS) is 15.9. The van der Waals surface area contributed by atoms with Crippen LogP contribution in [0.1, 0.15) is 39.2 Å². The van der Waals surface area contributed by atoms with Gasteiger partial charge in [-0.2, -0.15) is 0 Å². The van der Waals surface area contributed by atoms with Crippen molar-refractivity contribution in [1.82, 2.24) is 10.3 Å². The van der Waals surface area contributed by atoms with Crippen molar-refractivity contribution < 1.29 is 4.74 Å². The number of nitrogens with one attached hydrogen (secondary N) is 1. The maximum Gasteiger partial charge on any atom is 0.142 e. The molecule has 0 spiro atoms. The van der Waals surface area contributed by atoms with Crippen LogP contribution in [-0.2, 0) is 6.54 Å². The highest BCUT2D eigenvalue weighted by atomic mass is 16.5. The van der Waals surface area contributed by atoms with Crippen molar-refractivity contribution >= 4 is 0 Å². The molecule has 1 aromatic rings. The Balaban J connectivity index is 1.94. The molecule has 3 nitrogen and oxygen atoms in total. The lowest BCUT2D eigenvalue weighted by Gasteiger charge is -2.21. The monoisotopic (exact) mass is 234 g/mol. The van der Waals surface area contributed by atoms with Crippen molar-refractivity contribution in [3.05, 3.63) is 24.0 Å². The number of hydrogen-bond acceptors (Lipinski definition) is 3. The van der Waals surface area contributed by atoms with Gasteiger partial charge in [-0.15, -0.1) is 0 Å². The van der Waals surface area contributed by atoms with Gasteiger partial charge in [-0.25, -0.2) is 0 Å². The molecule has 1 aliphatic carbocycles. The molecule has 0 saturated heterocycles. The van der Waals surface area contributed by atoms with E-state index in [1.165, 1.54) is 18.4 Å². The minimum atomic E-state index is 0.122. The van der Waals surface area contributed by atoms with Gasteiger partial charge >= 0.3 is 0 Å². The second-order valence-corrected chi connectivity index (χ2v) is 5.84. The molecule has 1 aromatic heterocycles. The molecule has 1 aliphatic rings. The standard InChI is InChI=1S/C14H22N2O/c1-14(2,3)16-8-12-6-7-15-9-13(12)17-10-11-4-5-11/h6-7,9,11,16H,4-5,8,10H2,1-3H3.